The van der Waals surface area contributed by atoms with Gasteiger partial charge in [-0.15, -0.1) is 0 Å². The van der Waals surface area contributed by atoms with Crippen LogP contribution in [0.1, 0.15) is 5.56 Å². The second-order valence-corrected chi connectivity index (χ2v) is 4.27. The highest BCUT2D eigenvalue weighted by Crippen LogP contribution is 2.39. The molecule has 8 heteroatoms. The minimum absolute atomic E-state index is 0.506. The summed E-state index contributed by atoms with van der Waals surface area (Å²) < 4.78 is 38.6. The summed E-state index contributed by atoms with van der Waals surface area (Å²) in [6.45, 7) is -1.63. The smallest absolute Gasteiger partial charge is 0.371 e. The Hall–Kier alpha value is -1.15. The van der Waals surface area contributed by atoms with Crippen molar-refractivity contribution in [3.8, 4) is 0 Å². The van der Waals surface area contributed by atoms with Gasteiger partial charge in [0.25, 0.3) is 5.60 Å². The van der Waals surface area contributed by atoms with Crippen molar-refractivity contribution in [3.63, 3.8) is 0 Å². The molecule has 0 radical (unpaired) electrons. The lowest BCUT2D eigenvalue weighted by Gasteiger charge is -2.27. The predicted molar refractivity (Wildman–Crippen MR) is 56.0 cm³/mol. The van der Waals surface area contributed by atoms with Gasteiger partial charge in [0.15, 0.2) is 0 Å². The quantitative estimate of drug-likeness (QED) is 0.688. The van der Waals surface area contributed by atoms with Crippen LogP contribution < -0.4 is 0 Å². The summed E-state index contributed by atoms with van der Waals surface area (Å²) in [5, 5.41) is 19.7. The van der Waals surface area contributed by atoms with Crippen LogP contribution in [0.3, 0.4) is 0 Å². The molecule has 1 aromatic carbocycles. The molecule has 0 aliphatic carbocycles. The van der Waals surface area contributed by atoms with Crippen LogP contribution >= 0.6 is 15.9 Å². The highest BCUT2D eigenvalue weighted by molar-refractivity contribution is 9.10. The van der Waals surface area contributed by atoms with Crippen molar-refractivity contribution in [2.45, 2.75) is 11.8 Å². The van der Waals surface area contributed by atoms with Gasteiger partial charge in [0, 0.05) is 9.40 Å². The predicted octanol–water partition coefficient (Wildman–Crippen LogP) is 2.48. The first-order chi connectivity index (χ1) is 7.67. The Morgan fingerprint density at radius 3 is 2.12 bits per heavy atom. The molecule has 0 spiro atoms. The first kappa shape index (κ1) is 13.9. The highest BCUT2D eigenvalue weighted by Gasteiger charge is 2.58. The Morgan fingerprint density at radius 1 is 1.29 bits per heavy atom. The Bertz CT molecular complexity index is 420. The van der Waals surface area contributed by atoms with Crippen molar-refractivity contribution in [3.05, 3.63) is 44.4 Å². The second-order valence-electron chi connectivity index (χ2n) is 3.36. The van der Waals surface area contributed by atoms with E-state index in [4.69, 9.17) is 0 Å². The number of alkyl halides is 3. The number of benzene rings is 1. The van der Waals surface area contributed by atoms with E-state index in [2.05, 4.69) is 15.9 Å². The van der Waals surface area contributed by atoms with Gasteiger partial charge in [-0.05, 0) is 17.7 Å². The average Bonchev–Trinajstić information content (AvgIpc) is 2.15. The summed E-state index contributed by atoms with van der Waals surface area (Å²) in [6.07, 6.45) is -5.12. The first-order valence-electron chi connectivity index (χ1n) is 4.34. The van der Waals surface area contributed by atoms with Crippen LogP contribution in [0, 0.1) is 10.1 Å². The van der Waals surface area contributed by atoms with E-state index >= 15 is 0 Å². The minimum atomic E-state index is -5.12. The van der Waals surface area contributed by atoms with Crippen LogP contribution in [0.2, 0.25) is 0 Å². The molecule has 1 aromatic rings. The fourth-order valence-corrected chi connectivity index (χ4v) is 1.52. The minimum Gasteiger partial charge on any atom is -0.371 e. The Morgan fingerprint density at radius 2 is 1.76 bits per heavy atom. The maximum atomic E-state index is 12.7. The zero-order valence-electron chi connectivity index (χ0n) is 8.24. The van der Waals surface area contributed by atoms with Gasteiger partial charge >= 0.3 is 6.18 Å². The van der Waals surface area contributed by atoms with Crippen LogP contribution in [0.15, 0.2) is 28.7 Å². The molecule has 1 unspecified atom stereocenters. The lowest BCUT2D eigenvalue weighted by molar-refractivity contribution is -0.519. The summed E-state index contributed by atoms with van der Waals surface area (Å²) >= 11 is 3.02. The number of rotatable bonds is 3. The molecule has 0 heterocycles. The van der Waals surface area contributed by atoms with Gasteiger partial charge in [-0.25, -0.2) is 0 Å². The third kappa shape index (κ3) is 2.95. The normalized spacial score (nSPS) is 15.4. The van der Waals surface area contributed by atoms with Crippen LogP contribution in [-0.2, 0) is 5.60 Å². The summed E-state index contributed by atoms with van der Waals surface area (Å²) in [5.74, 6) is 0. The largest absolute Gasteiger partial charge is 0.428 e. The van der Waals surface area contributed by atoms with Crippen molar-refractivity contribution in [2.24, 2.45) is 0 Å². The highest BCUT2D eigenvalue weighted by atomic mass is 79.9. The molecule has 0 bridgehead atoms. The lowest BCUT2D eigenvalue weighted by Crippen LogP contribution is -2.47. The number of hydrogen-bond donors (Lipinski definition) is 1. The van der Waals surface area contributed by atoms with Gasteiger partial charge < -0.3 is 5.11 Å². The molecular formula is C9H7BrF3NO3. The fourth-order valence-electron chi connectivity index (χ4n) is 1.26. The Kier molecular flexibility index (Phi) is 3.78. The van der Waals surface area contributed by atoms with Gasteiger partial charge in [-0.3, -0.25) is 10.1 Å². The van der Waals surface area contributed by atoms with Crippen LogP contribution in [0.25, 0.3) is 0 Å². The van der Waals surface area contributed by atoms with E-state index in [1.54, 1.807) is 0 Å². The zero-order valence-corrected chi connectivity index (χ0v) is 9.83. The standard InChI is InChI=1S/C9H7BrF3NO3/c10-7-3-1-6(2-4-7)8(15,5-14(16)17)9(11,12)13/h1-4,15H,5H2. The summed E-state index contributed by atoms with van der Waals surface area (Å²) in [5.41, 5.74) is -4.04. The number of nitro groups is 1. The molecule has 0 aliphatic rings. The Balaban J connectivity index is 3.24. The van der Waals surface area contributed by atoms with Crippen molar-refractivity contribution < 1.29 is 23.2 Å². The molecule has 0 aliphatic heterocycles. The maximum absolute atomic E-state index is 12.7. The number of aliphatic hydroxyl groups is 1. The maximum Gasteiger partial charge on any atom is 0.428 e. The van der Waals surface area contributed by atoms with Crippen LogP contribution in [0.4, 0.5) is 13.2 Å². The summed E-state index contributed by atoms with van der Waals surface area (Å²) in [6, 6.07) is 4.51. The topological polar surface area (TPSA) is 63.4 Å². The number of halogens is 4. The number of hydrogen-bond acceptors (Lipinski definition) is 3. The monoisotopic (exact) mass is 313 g/mol. The molecule has 0 amide bonds. The van der Waals surface area contributed by atoms with Gasteiger partial charge in [0.2, 0.25) is 6.54 Å². The van der Waals surface area contributed by atoms with E-state index in [-0.39, 0.29) is 0 Å². The van der Waals surface area contributed by atoms with Gasteiger partial charge in [0.1, 0.15) is 0 Å². The van der Waals surface area contributed by atoms with E-state index in [1.165, 1.54) is 12.1 Å². The molecule has 17 heavy (non-hydrogen) atoms. The van der Waals surface area contributed by atoms with Crippen molar-refractivity contribution in [1.82, 2.24) is 0 Å². The molecule has 0 aromatic heterocycles. The summed E-state index contributed by atoms with van der Waals surface area (Å²) in [4.78, 5) is 9.04. The van der Waals surface area contributed by atoms with E-state index in [1.807, 2.05) is 0 Å². The molecule has 0 saturated carbocycles. The van der Waals surface area contributed by atoms with Crippen molar-refractivity contribution in [1.29, 1.82) is 0 Å². The van der Waals surface area contributed by atoms with Crippen LogP contribution in [-0.4, -0.2) is 22.8 Å². The van der Waals surface area contributed by atoms with Crippen molar-refractivity contribution in [2.75, 3.05) is 6.54 Å². The molecule has 0 saturated heterocycles. The van der Waals surface area contributed by atoms with Gasteiger partial charge in [-0.1, -0.05) is 28.1 Å². The number of nitrogens with zero attached hydrogens (tertiary/aromatic N) is 1. The van der Waals surface area contributed by atoms with E-state index in [0.717, 1.165) is 12.1 Å². The molecule has 4 nitrogen and oxygen atoms in total. The van der Waals surface area contributed by atoms with Crippen molar-refractivity contribution >= 4 is 15.9 Å². The van der Waals surface area contributed by atoms with Crippen LogP contribution in [0.5, 0.6) is 0 Å². The SMILES string of the molecule is O=[N+]([O-])CC(O)(c1ccc(Br)cc1)C(F)(F)F. The third-order valence-corrected chi connectivity index (χ3v) is 2.68. The molecule has 1 rings (SSSR count). The van der Waals surface area contributed by atoms with E-state index in [9.17, 15) is 28.4 Å². The Labute approximate surface area is 102 Å². The van der Waals surface area contributed by atoms with Gasteiger partial charge in [-0.2, -0.15) is 13.2 Å². The molecular weight excluding hydrogens is 307 g/mol. The molecule has 1 N–H and O–H groups in total. The first-order valence-corrected chi connectivity index (χ1v) is 5.13. The van der Waals surface area contributed by atoms with E-state index in [0.29, 0.717) is 4.47 Å². The third-order valence-electron chi connectivity index (χ3n) is 2.15. The second kappa shape index (κ2) is 4.61. The molecule has 94 valence electrons. The van der Waals surface area contributed by atoms with E-state index < -0.39 is 28.8 Å². The lowest BCUT2D eigenvalue weighted by atomic mass is 9.93. The average molecular weight is 314 g/mol. The van der Waals surface area contributed by atoms with Gasteiger partial charge in [0.05, 0.1) is 0 Å². The fraction of sp³-hybridized carbons (Fsp3) is 0.333. The summed E-state index contributed by atoms with van der Waals surface area (Å²) in [7, 11) is 0. The zero-order chi connectivity index (χ0) is 13.3. The molecule has 1 atom stereocenters. The molecule has 0 fully saturated rings.